The van der Waals surface area contributed by atoms with Crippen LogP contribution in [0.25, 0.3) is 0 Å². The second-order valence-electron chi connectivity index (χ2n) is 4.03. The van der Waals surface area contributed by atoms with Gasteiger partial charge in [-0.15, -0.1) is 0 Å². The molecular formula is C11H17N3. The van der Waals surface area contributed by atoms with Crippen molar-refractivity contribution in [3.05, 3.63) is 30.1 Å². The molecule has 1 aliphatic carbocycles. The van der Waals surface area contributed by atoms with Crippen molar-refractivity contribution in [2.45, 2.75) is 37.6 Å². The SMILES string of the molecule is NNC1(c2cccnc2)CCCCC1. The molecule has 2 rings (SSSR count). The summed E-state index contributed by atoms with van der Waals surface area (Å²) in [5, 5.41) is 0. The highest BCUT2D eigenvalue weighted by molar-refractivity contribution is 5.21. The number of rotatable bonds is 2. The van der Waals surface area contributed by atoms with E-state index in [1.165, 1.54) is 24.8 Å². The molecule has 1 fully saturated rings. The highest BCUT2D eigenvalue weighted by atomic mass is 15.3. The molecule has 1 aromatic rings. The monoisotopic (exact) mass is 191 g/mol. The van der Waals surface area contributed by atoms with Gasteiger partial charge in [0.05, 0.1) is 5.54 Å². The molecule has 0 unspecified atom stereocenters. The summed E-state index contributed by atoms with van der Waals surface area (Å²) in [7, 11) is 0. The first-order valence-electron chi connectivity index (χ1n) is 5.26. The third-order valence-corrected chi connectivity index (χ3v) is 3.20. The second-order valence-corrected chi connectivity index (χ2v) is 4.03. The highest BCUT2D eigenvalue weighted by Crippen LogP contribution is 2.35. The molecule has 0 aromatic carbocycles. The highest BCUT2D eigenvalue weighted by Gasteiger charge is 2.32. The molecule has 1 aromatic heterocycles. The summed E-state index contributed by atoms with van der Waals surface area (Å²) in [5.41, 5.74) is 4.20. The Morgan fingerprint density at radius 2 is 2.07 bits per heavy atom. The summed E-state index contributed by atoms with van der Waals surface area (Å²) in [4.78, 5) is 4.16. The molecule has 1 saturated carbocycles. The number of hydrazine groups is 1. The van der Waals surface area contributed by atoms with Gasteiger partial charge in [-0.25, -0.2) is 5.43 Å². The summed E-state index contributed by atoms with van der Waals surface area (Å²) in [5.74, 6) is 5.69. The zero-order valence-electron chi connectivity index (χ0n) is 8.37. The number of hydrogen-bond donors (Lipinski definition) is 2. The molecule has 1 heterocycles. The lowest BCUT2D eigenvalue weighted by molar-refractivity contribution is 0.236. The molecule has 3 N–H and O–H groups in total. The van der Waals surface area contributed by atoms with Crippen molar-refractivity contribution < 1.29 is 0 Å². The van der Waals surface area contributed by atoms with E-state index in [9.17, 15) is 0 Å². The number of pyridine rings is 1. The molecule has 3 nitrogen and oxygen atoms in total. The Kier molecular flexibility index (Phi) is 2.79. The summed E-state index contributed by atoms with van der Waals surface area (Å²) in [6.45, 7) is 0. The van der Waals surface area contributed by atoms with E-state index in [4.69, 9.17) is 5.84 Å². The quantitative estimate of drug-likeness (QED) is 0.552. The van der Waals surface area contributed by atoms with Crippen LogP contribution in [-0.4, -0.2) is 4.98 Å². The third-order valence-electron chi connectivity index (χ3n) is 3.20. The van der Waals surface area contributed by atoms with Crippen molar-refractivity contribution in [3.63, 3.8) is 0 Å². The van der Waals surface area contributed by atoms with Crippen LogP contribution in [0.15, 0.2) is 24.5 Å². The fourth-order valence-corrected chi connectivity index (χ4v) is 2.32. The van der Waals surface area contributed by atoms with E-state index in [1.54, 1.807) is 6.20 Å². The van der Waals surface area contributed by atoms with Gasteiger partial charge in [0, 0.05) is 12.4 Å². The van der Waals surface area contributed by atoms with Crippen LogP contribution in [0, 0.1) is 0 Å². The van der Waals surface area contributed by atoms with Gasteiger partial charge in [-0.1, -0.05) is 25.3 Å². The Hall–Kier alpha value is -0.930. The Balaban J connectivity index is 2.27. The topological polar surface area (TPSA) is 50.9 Å². The van der Waals surface area contributed by atoms with E-state index in [0.717, 1.165) is 12.8 Å². The van der Waals surface area contributed by atoms with Gasteiger partial charge in [0.25, 0.3) is 0 Å². The first-order valence-corrected chi connectivity index (χ1v) is 5.26. The van der Waals surface area contributed by atoms with Gasteiger partial charge in [-0.05, 0) is 24.5 Å². The lowest BCUT2D eigenvalue weighted by atomic mass is 9.78. The number of nitrogens with one attached hydrogen (secondary N) is 1. The van der Waals surface area contributed by atoms with Gasteiger partial charge in [0.2, 0.25) is 0 Å². The fraction of sp³-hybridized carbons (Fsp3) is 0.545. The third kappa shape index (κ3) is 1.65. The molecule has 3 heteroatoms. The molecule has 0 amide bonds. The van der Waals surface area contributed by atoms with Gasteiger partial charge >= 0.3 is 0 Å². The zero-order valence-corrected chi connectivity index (χ0v) is 8.37. The molecule has 76 valence electrons. The summed E-state index contributed by atoms with van der Waals surface area (Å²) >= 11 is 0. The first kappa shape index (κ1) is 9.62. The van der Waals surface area contributed by atoms with E-state index in [0.29, 0.717) is 0 Å². The summed E-state index contributed by atoms with van der Waals surface area (Å²) in [6.07, 6.45) is 9.79. The molecule has 0 atom stereocenters. The molecule has 14 heavy (non-hydrogen) atoms. The average Bonchev–Trinajstić information content (AvgIpc) is 2.31. The molecule has 0 bridgehead atoms. The molecule has 0 saturated heterocycles. The van der Waals surface area contributed by atoms with Crippen LogP contribution in [-0.2, 0) is 5.54 Å². The molecule has 0 radical (unpaired) electrons. The van der Waals surface area contributed by atoms with Crippen molar-refractivity contribution in [2.24, 2.45) is 5.84 Å². The minimum absolute atomic E-state index is 0.0213. The van der Waals surface area contributed by atoms with E-state index in [-0.39, 0.29) is 5.54 Å². The Bertz CT molecular complexity index is 278. The second kappa shape index (κ2) is 4.07. The molecule has 0 spiro atoms. The van der Waals surface area contributed by atoms with Gasteiger partial charge in [-0.2, -0.15) is 0 Å². The Morgan fingerprint density at radius 1 is 1.29 bits per heavy atom. The van der Waals surface area contributed by atoms with E-state index < -0.39 is 0 Å². The smallest absolute Gasteiger partial charge is 0.0584 e. The number of aromatic nitrogens is 1. The zero-order chi connectivity index (χ0) is 9.86. The predicted molar refractivity (Wildman–Crippen MR) is 56.3 cm³/mol. The van der Waals surface area contributed by atoms with Crippen LogP contribution in [0.5, 0.6) is 0 Å². The minimum Gasteiger partial charge on any atom is -0.271 e. The van der Waals surface area contributed by atoms with Gasteiger partial charge in [-0.3, -0.25) is 10.8 Å². The van der Waals surface area contributed by atoms with Crippen LogP contribution < -0.4 is 11.3 Å². The number of hydrogen-bond acceptors (Lipinski definition) is 3. The Morgan fingerprint density at radius 3 is 2.64 bits per heavy atom. The van der Waals surface area contributed by atoms with Crippen molar-refractivity contribution in [2.75, 3.05) is 0 Å². The lowest BCUT2D eigenvalue weighted by Crippen LogP contribution is -2.48. The van der Waals surface area contributed by atoms with Crippen molar-refractivity contribution >= 4 is 0 Å². The minimum atomic E-state index is -0.0213. The largest absolute Gasteiger partial charge is 0.271 e. The van der Waals surface area contributed by atoms with Crippen molar-refractivity contribution in [1.29, 1.82) is 0 Å². The van der Waals surface area contributed by atoms with Crippen LogP contribution in [0.1, 0.15) is 37.7 Å². The molecule has 0 aliphatic heterocycles. The molecule has 1 aliphatic rings. The summed E-state index contributed by atoms with van der Waals surface area (Å²) in [6, 6.07) is 4.08. The normalized spacial score (nSPS) is 20.6. The van der Waals surface area contributed by atoms with Gasteiger partial charge in [0.1, 0.15) is 0 Å². The number of nitrogens with zero attached hydrogens (tertiary/aromatic N) is 1. The van der Waals surface area contributed by atoms with Gasteiger partial charge in [0.15, 0.2) is 0 Å². The van der Waals surface area contributed by atoms with Gasteiger partial charge < -0.3 is 0 Å². The van der Waals surface area contributed by atoms with E-state index in [2.05, 4.69) is 16.5 Å². The fourth-order valence-electron chi connectivity index (χ4n) is 2.32. The van der Waals surface area contributed by atoms with Crippen LogP contribution in [0.2, 0.25) is 0 Å². The number of nitrogens with two attached hydrogens (primary N) is 1. The maximum Gasteiger partial charge on any atom is 0.0584 e. The predicted octanol–water partition coefficient (Wildman–Crippen LogP) is 1.70. The summed E-state index contributed by atoms with van der Waals surface area (Å²) < 4.78 is 0. The van der Waals surface area contributed by atoms with Crippen LogP contribution in [0.4, 0.5) is 0 Å². The molecular weight excluding hydrogens is 174 g/mol. The standard InChI is InChI=1S/C11H17N3/c12-14-11(6-2-1-3-7-11)10-5-4-8-13-9-10/h4-5,8-9,14H,1-3,6-7,12H2. The van der Waals surface area contributed by atoms with Crippen molar-refractivity contribution in [3.8, 4) is 0 Å². The lowest BCUT2D eigenvalue weighted by Gasteiger charge is -2.36. The maximum atomic E-state index is 5.69. The first-order chi connectivity index (χ1) is 6.87. The maximum absolute atomic E-state index is 5.69. The van der Waals surface area contributed by atoms with Crippen LogP contribution in [0.3, 0.4) is 0 Å². The average molecular weight is 191 g/mol. The Labute approximate surface area is 84.7 Å². The van der Waals surface area contributed by atoms with E-state index in [1.807, 2.05) is 12.3 Å². The van der Waals surface area contributed by atoms with Crippen molar-refractivity contribution in [1.82, 2.24) is 10.4 Å². The van der Waals surface area contributed by atoms with Crippen LogP contribution >= 0.6 is 0 Å². The van der Waals surface area contributed by atoms with E-state index >= 15 is 0 Å².